The van der Waals surface area contributed by atoms with Gasteiger partial charge in [0.05, 0.1) is 12.2 Å². The van der Waals surface area contributed by atoms with Crippen LogP contribution in [0.4, 0.5) is 0 Å². The van der Waals surface area contributed by atoms with E-state index in [0.29, 0.717) is 17.1 Å². The molecule has 2 heterocycles. The average Bonchev–Trinajstić information content (AvgIpc) is 3.00. The number of H-pyrrole nitrogens is 1. The summed E-state index contributed by atoms with van der Waals surface area (Å²) in [5.74, 6) is 0. The highest BCUT2D eigenvalue weighted by Gasteiger charge is 2.08. The van der Waals surface area contributed by atoms with Crippen molar-refractivity contribution in [3.05, 3.63) is 75.4 Å². The molecule has 0 radical (unpaired) electrons. The third kappa shape index (κ3) is 4.59. The number of aryl methyl sites for hydroxylation is 1. The molecular formula is C19H21ClN4O. The molecule has 5 nitrogen and oxygen atoms in total. The van der Waals surface area contributed by atoms with Crippen molar-refractivity contribution in [3.63, 3.8) is 0 Å². The minimum absolute atomic E-state index is 0.0765. The predicted molar refractivity (Wildman–Crippen MR) is 101 cm³/mol. The number of benzene rings is 1. The highest BCUT2D eigenvalue weighted by molar-refractivity contribution is 6.30. The van der Waals surface area contributed by atoms with E-state index in [-0.39, 0.29) is 11.6 Å². The van der Waals surface area contributed by atoms with E-state index >= 15 is 0 Å². The van der Waals surface area contributed by atoms with Gasteiger partial charge in [-0.3, -0.25) is 9.48 Å². The number of aromatic nitrogens is 3. The summed E-state index contributed by atoms with van der Waals surface area (Å²) in [5, 5.41) is 8.46. The Morgan fingerprint density at radius 3 is 2.68 bits per heavy atom. The number of nitrogens with zero attached hydrogens (tertiary/aromatic N) is 2. The summed E-state index contributed by atoms with van der Waals surface area (Å²) in [4.78, 5) is 14.9. The fourth-order valence-electron chi connectivity index (χ4n) is 2.67. The second-order valence-corrected chi connectivity index (χ2v) is 6.65. The molecule has 0 spiro atoms. The first-order valence-corrected chi connectivity index (χ1v) is 8.60. The molecule has 130 valence electrons. The maximum Gasteiger partial charge on any atom is 0.252 e. The molecule has 0 unspecified atom stereocenters. The molecule has 0 fully saturated rings. The molecule has 0 aliphatic heterocycles. The summed E-state index contributed by atoms with van der Waals surface area (Å²) in [6.07, 6.45) is 3.69. The molecule has 1 aromatic carbocycles. The minimum Gasteiger partial charge on any atom is -0.328 e. The zero-order valence-electron chi connectivity index (χ0n) is 14.3. The van der Waals surface area contributed by atoms with Crippen LogP contribution < -0.4 is 10.9 Å². The molecule has 0 amide bonds. The fraction of sp³-hybridized carbons (Fsp3) is 0.263. The largest absolute Gasteiger partial charge is 0.328 e. The molecule has 1 atom stereocenters. The average molecular weight is 357 g/mol. The summed E-state index contributed by atoms with van der Waals surface area (Å²) in [6.45, 7) is 5.30. The van der Waals surface area contributed by atoms with Crippen LogP contribution in [-0.4, -0.2) is 20.8 Å². The van der Waals surface area contributed by atoms with Gasteiger partial charge in [-0.25, -0.2) is 0 Å². The standard InChI is InChI=1S/C19H21ClN4O/c1-13-7-8-24(23-13)12-14(2)21-11-17-9-16(10-22-19(17)25)15-3-5-18(20)6-4-15/h3-10,14,21H,11-12H2,1-2H3,(H,22,25)/t14-/m1/s1. The van der Waals surface area contributed by atoms with Gasteiger partial charge in [-0.1, -0.05) is 23.7 Å². The lowest BCUT2D eigenvalue weighted by molar-refractivity contribution is 0.449. The van der Waals surface area contributed by atoms with Gasteiger partial charge in [0.15, 0.2) is 0 Å². The Morgan fingerprint density at radius 1 is 1.24 bits per heavy atom. The van der Waals surface area contributed by atoms with Gasteiger partial charge < -0.3 is 10.3 Å². The zero-order chi connectivity index (χ0) is 17.8. The molecule has 0 bridgehead atoms. The lowest BCUT2D eigenvalue weighted by atomic mass is 10.1. The van der Waals surface area contributed by atoms with Crippen molar-refractivity contribution in [2.24, 2.45) is 0 Å². The maximum atomic E-state index is 12.1. The molecule has 3 aromatic rings. The van der Waals surface area contributed by atoms with Crippen molar-refractivity contribution in [3.8, 4) is 11.1 Å². The Labute approximate surface area is 151 Å². The van der Waals surface area contributed by atoms with Gasteiger partial charge >= 0.3 is 0 Å². The Hall–Kier alpha value is -2.37. The first-order valence-electron chi connectivity index (χ1n) is 8.22. The summed E-state index contributed by atoms with van der Waals surface area (Å²) < 4.78 is 1.90. The van der Waals surface area contributed by atoms with E-state index in [2.05, 4.69) is 22.3 Å². The highest BCUT2D eigenvalue weighted by atomic mass is 35.5. The summed E-state index contributed by atoms with van der Waals surface area (Å²) in [6, 6.07) is 11.7. The van der Waals surface area contributed by atoms with Crippen LogP contribution in [0.2, 0.25) is 5.02 Å². The van der Waals surface area contributed by atoms with Crippen LogP contribution in [0.5, 0.6) is 0 Å². The molecule has 25 heavy (non-hydrogen) atoms. The van der Waals surface area contributed by atoms with Crippen molar-refractivity contribution < 1.29 is 0 Å². The van der Waals surface area contributed by atoms with Crippen molar-refractivity contribution in [1.29, 1.82) is 0 Å². The van der Waals surface area contributed by atoms with E-state index in [0.717, 1.165) is 23.4 Å². The number of hydrogen-bond donors (Lipinski definition) is 2. The fourth-order valence-corrected chi connectivity index (χ4v) is 2.79. The van der Waals surface area contributed by atoms with E-state index in [1.165, 1.54) is 0 Å². The molecule has 0 aliphatic rings. The van der Waals surface area contributed by atoms with E-state index in [1.54, 1.807) is 6.20 Å². The topological polar surface area (TPSA) is 62.7 Å². The first kappa shape index (κ1) is 17.5. The van der Waals surface area contributed by atoms with Crippen molar-refractivity contribution >= 4 is 11.6 Å². The van der Waals surface area contributed by atoms with E-state index in [1.807, 2.05) is 54.2 Å². The lowest BCUT2D eigenvalue weighted by Gasteiger charge is -2.14. The maximum absolute atomic E-state index is 12.1. The van der Waals surface area contributed by atoms with Crippen LogP contribution in [0.1, 0.15) is 18.2 Å². The Balaban J connectivity index is 1.68. The van der Waals surface area contributed by atoms with E-state index in [9.17, 15) is 4.79 Å². The molecule has 0 saturated heterocycles. The highest BCUT2D eigenvalue weighted by Crippen LogP contribution is 2.20. The molecule has 0 saturated carbocycles. The third-order valence-corrected chi connectivity index (χ3v) is 4.29. The quantitative estimate of drug-likeness (QED) is 0.711. The number of nitrogens with one attached hydrogen (secondary N) is 2. The number of aromatic amines is 1. The monoisotopic (exact) mass is 356 g/mol. The van der Waals surface area contributed by atoms with Crippen molar-refractivity contribution in [2.45, 2.75) is 33.0 Å². The molecule has 3 rings (SSSR count). The molecular weight excluding hydrogens is 336 g/mol. The van der Waals surface area contributed by atoms with Gasteiger partial charge in [-0.2, -0.15) is 5.10 Å². The van der Waals surface area contributed by atoms with E-state index < -0.39 is 0 Å². The SMILES string of the molecule is Cc1ccn(C[C@@H](C)NCc2cc(-c3ccc(Cl)cc3)c[nH]c2=O)n1. The summed E-state index contributed by atoms with van der Waals surface area (Å²) in [7, 11) is 0. The van der Waals surface area contributed by atoms with Crippen LogP contribution in [-0.2, 0) is 13.1 Å². The van der Waals surface area contributed by atoms with Crippen molar-refractivity contribution in [1.82, 2.24) is 20.1 Å². The van der Waals surface area contributed by atoms with Gasteiger partial charge in [0.2, 0.25) is 0 Å². The zero-order valence-corrected chi connectivity index (χ0v) is 15.0. The van der Waals surface area contributed by atoms with Crippen LogP contribution in [0.25, 0.3) is 11.1 Å². The predicted octanol–water partition coefficient (Wildman–Crippen LogP) is 3.38. The van der Waals surface area contributed by atoms with Gasteiger partial charge in [0.25, 0.3) is 5.56 Å². The van der Waals surface area contributed by atoms with Crippen LogP contribution in [0.15, 0.2) is 53.6 Å². The summed E-state index contributed by atoms with van der Waals surface area (Å²) >= 11 is 5.93. The second-order valence-electron chi connectivity index (χ2n) is 6.21. The Kier molecular flexibility index (Phi) is 5.36. The van der Waals surface area contributed by atoms with Gasteiger partial charge in [-0.05, 0) is 49.2 Å². The number of pyridine rings is 1. The second kappa shape index (κ2) is 7.68. The third-order valence-electron chi connectivity index (χ3n) is 4.03. The van der Waals surface area contributed by atoms with Crippen molar-refractivity contribution in [2.75, 3.05) is 0 Å². The number of halogens is 1. The van der Waals surface area contributed by atoms with Gasteiger partial charge in [0.1, 0.15) is 0 Å². The molecule has 6 heteroatoms. The van der Waals surface area contributed by atoms with Crippen LogP contribution in [0, 0.1) is 6.92 Å². The minimum atomic E-state index is -0.0765. The normalized spacial score (nSPS) is 12.3. The Morgan fingerprint density at radius 2 is 2.00 bits per heavy atom. The smallest absolute Gasteiger partial charge is 0.252 e. The lowest BCUT2D eigenvalue weighted by Crippen LogP contribution is -2.32. The van der Waals surface area contributed by atoms with Crippen LogP contribution in [0.3, 0.4) is 0 Å². The Bertz CT molecular complexity index is 898. The van der Waals surface area contributed by atoms with Crippen LogP contribution >= 0.6 is 11.6 Å². The summed E-state index contributed by atoms with van der Waals surface area (Å²) in [5.41, 5.74) is 3.60. The molecule has 2 N–H and O–H groups in total. The number of rotatable bonds is 6. The first-order chi connectivity index (χ1) is 12.0. The molecule has 0 aliphatic carbocycles. The van der Waals surface area contributed by atoms with E-state index in [4.69, 9.17) is 11.6 Å². The molecule has 2 aromatic heterocycles. The number of hydrogen-bond acceptors (Lipinski definition) is 3. The van der Waals surface area contributed by atoms with Gasteiger partial charge in [0, 0.05) is 35.6 Å². The van der Waals surface area contributed by atoms with Gasteiger partial charge in [-0.15, -0.1) is 0 Å².